The monoisotopic (exact) mass is 301 g/mol. The average Bonchev–Trinajstić information content (AvgIpc) is 2.56. The van der Waals surface area contributed by atoms with Crippen LogP contribution < -0.4 is 16.0 Å². The number of ether oxygens (including phenoxy) is 1. The molecule has 0 radical (unpaired) electrons. The molecular weight excluding hydrogens is 286 g/mol. The van der Waals surface area contributed by atoms with Crippen LogP contribution in [0.4, 0.5) is 5.69 Å². The van der Waals surface area contributed by atoms with Crippen LogP contribution in [0, 0.1) is 0 Å². The Morgan fingerprint density at radius 2 is 1.81 bits per heavy atom. The van der Waals surface area contributed by atoms with E-state index in [-0.39, 0.29) is 5.91 Å². The fourth-order valence-electron chi connectivity index (χ4n) is 1.38. The molecule has 2 aromatic rings. The molecule has 0 aromatic heterocycles. The van der Waals surface area contributed by atoms with Gasteiger partial charge in [0.2, 0.25) is 0 Å². The van der Waals surface area contributed by atoms with E-state index in [4.69, 9.17) is 10.6 Å². The molecule has 0 fully saturated rings. The summed E-state index contributed by atoms with van der Waals surface area (Å²) in [6.07, 6.45) is 0. The van der Waals surface area contributed by atoms with Crippen LogP contribution in [-0.4, -0.2) is 18.2 Å². The van der Waals surface area contributed by atoms with Crippen LogP contribution in [0.3, 0.4) is 0 Å². The summed E-state index contributed by atoms with van der Waals surface area (Å²) in [5.41, 5.74) is 3.41. The number of amides is 1. The summed E-state index contributed by atoms with van der Waals surface area (Å²) < 4.78 is 4.92. The smallest absolute Gasteiger partial charge is 0.265 e. The summed E-state index contributed by atoms with van der Waals surface area (Å²) in [5.74, 6) is 5.35. The molecule has 0 aliphatic rings. The van der Waals surface area contributed by atoms with Gasteiger partial charge in [0.1, 0.15) is 5.75 Å². The molecule has 0 spiro atoms. The molecule has 1 amide bonds. The van der Waals surface area contributed by atoms with Crippen LogP contribution >= 0.6 is 12.2 Å². The zero-order valence-electron chi connectivity index (χ0n) is 11.4. The van der Waals surface area contributed by atoms with Crippen molar-refractivity contribution in [1.82, 2.24) is 5.43 Å². The van der Waals surface area contributed by atoms with Crippen molar-refractivity contribution < 1.29 is 9.53 Å². The minimum absolute atomic E-state index is 0.308. The number of hydrogen-bond donors (Lipinski definition) is 2. The van der Waals surface area contributed by atoms with Crippen LogP contribution in [0.5, 0.6) is 5.75 Å². The number of thiocarbonyl (C=S) groups is 1. The second-order valence-electron chi connectivity index (χ2n) is 3.74. The summed E-state index contributed by atoms with van der Waals surface area (Å²) >= 11 is 4.42. The maximum absolute atomic E-state index is 10.9. The van der Waals surface area contributed by atoms with Gasteiger partial charge >= 0.3 is 0 Å². The number of aliphatic imine (C=N–C) groups is 1. The highest BCUT2D eigenvalue weighted by atomic mass is 32.1. The van der Waals surface area contributed by atoms with Gasteiger partial charge in [-0.1, -0.05) is 18.2 Å². The minimum Gasteiger partial charge on any atom is -0.497 e. The molecule has 0 unspecified atom stereocenters. The van der Waals surface area contributed by atoms with Crippen LogP contribution in [0.25, 0.3) is 0 Å². The van der Waals surface area contributed by atoms with Gasteiger partial charge in [-0.05, 0) is 48.6 Å². The van der Waals surface area contributed by atoms with Gasteiger partial charge in [0.05, 0.1) is 18.0 Å². The summed E-state index contributed by atoms with van der Waals surface area (Å²) in [6.45, 7) is 0. The number of benzene rings is 2. The molecule has 2 aromatic carbocycles. The molecule has 21 heavy (non-hydrogen) atoms. The standard InChI is InChI=1S/C8H10N2O2.C7H5NS/c1-12-7-4-2-6(3-5-7)8(11)10-9;9-6-8-7-4-2-1-3-5-7/h2-5H,9H2,1H3,(H,10,11);1-5H. The van der Waals surface area contributed by atoms with Gasteiger partial charge in [-0.15, -0.1) is 0 Å². The molecule has 0 atom stereocenters. The van der Waals surface area contributed by atoms with E-state index in [0.717, 1.165) is 5.69 Å². The number of nitrogens with one attached hydrogen (secondary N) is 1. The number of methoxy groups -OCH3 is 1. The first-order chi connectivity index (χ1) is 10.2. The first-order valence-corrected chi connectivity index (χ1v) is 6.40. The number of hydrogen-bond acceptors (Lipinski definition) is 5. The molecule has 5 nitrogen and oxygen atoms in total. The van der Waals surface area contributed by atoms with Crippen LogP contribution in [0.15, 0.2) is 59.6 Å². The average molecular weight is 301 g/mol. The number of carbonyl (C=O) groups is 1. The third-order valence-corrected chi connectivity index (χ3v) is 2.51. The Labute approximate surface area is 128 Å². The molecule has 108 valence electrons. The number of nitrogens with two attached hydrogens (primary N) is 1. The van der Waals surface area contributed by atoms with Gasteiger partial charge in [0.25, 0.3) is 5.91 Å². The molecule has 6 heteroatoms. The largest absolute Gasteiger partial charge is 0.497 e. The second kappa shape index (κ2) is 9.39. The van der Waals surface area contributed by atoms with E-state index in [1.54, 1.807) is 31.4 Å². The van der Waals surface area contributed by atoms with Crippen LogP contribution in [0.2, 0.25) is 0 Å². The Morgan fingerprint density at radius 1 is 1.19 bits per heavy atom. The Balaban J connectivity index is 0.000000219. The van der Waals surface area contributed by atoms with Crippen molar-refractivity contribution in [3.63, 3.8) is 0 Å². The molecule has 0 heterocycles. The molecule has 0 saturated carbocycles. The zero-order chi connectivity index (χ0) is 15.5. The van der Waals surface area contributed by atoms with Crippen LogP contribution in [-0.2, 0) is 0 Å². The van der Waals surface area contributed by atoms with Crippen molar-refractivity contribution in [2.45, 2.75) is 0 Å². The number of carbonyl (C=O) groups excluding carboxylic acids is 1. The lowest BCUT2D eigenvalue weighted by Gasteiger charge is -2.01. The summed E-state index contributed by atoms with van der Waals surface area (Å²) in [5, 5.41) is 2.29. The SMILES string of the molecule is COc1ccc(C(=O)NN)cc1.S=C=Nc1ccccc1. The maximum atomic E-state index is 10.9. The van der Waals surface area contributed by atoms with E-state index in [1.165, 1.54) is 0 Å². The van der Waals surface area contributed by atoms with Crippen molar-refractivity contribution in [3.05, 3.63) is 60.2 Å². The Hall–Kier alpha value is -2.53. The molecule has 0 aliphatic carbocycles. The normalized spacial score (nSPS) is 8.67. The number of nitrogens with zero attached hydrogens (tertiary/aromatic N) is 1. The fourth-order valence-corrected chi connectivity index (χ4v) is 1.49. The Bertz CT molecular complexity index is 609. The number of isothiocyanates is 1. The van der Waals surface area contributed by atoms with Crippen molar-refractivity contribution in [1.29, 1.82) is 0 Å². The van der Waals surface area contributed by atoms with E-state index in [9.17, 15) is 4.79 Å². The van der Waals surface area contributed by atoms with Crippen molar-refractivity contribution in [2.75, 3.05) is 7.11 Å². The zero-order valence-corrected chi connectivity index (χ0v) is 12.3. The Morgan fingerprint density at radius 3 is 2.29 bits per heavy atom. The van der Waals surface area contributed by atoms with E-state index in [0.29, 0.717) is 11.3 Å². The third-order valence-electron chi connectivity index (χ3n) is 2.41. The lowest BCUT2D eigenvalue weighted by atomic mass is 10.2. The number of nitrogen functional groups attached to an aromatic ring is 1. The van der Waals surface area contributed by atoms with E-state index in [2.05, 4.69) is 22.4 Å². The Kier molecular flexibility index (Phi) is 7.39. The lowest BCUT2D eigenvalue weighted by Crippen LogP contribution is -2.29. The highest BCUT2D eigenvalue weighted by Crippen LogP contribution is 2.10. The molecule has 0 bridgehead atoms. The minimum atomic E-state index is -0.308. The molecule has 0 saturated heterocycles. The van der Waals surface area contributed by atoms with Gasteiger partial charge in [0, 0.05) is 5.56 Å². The fraction of sp³-hybridized carbons (Fsp3) is 0.0667. The predicted octanol–water partition coefficient (Wildman–Crippen LogP) is 2.72. The predicted molar refractivity (Wildman–Crippen MR) is 85.8 cm³/mol. The molecule has 2 rings (SSSR count). The first-order valence-electron chi connectivity index (χ1n) is 5.99. The summed E-state index contributed by atoms with van der Waals surface area (Å²) in [6, 6.07) is 16.2. The van der Waals surface area contributed by atoms with Crippen molar-refractivity contribution >= 4 is 29.0 Å². The molecule has 0 aliphatic heterocycles. The van der Waals surface area contributed by atoms with Crippen molar-refractivity contribution in [3.8, 4) is 5.75 Å². The topological polar surface area (TPSA) is 76.7 Å². The van der Waals surface area contributed by atoms with Gasteiger partial charge < -0.3 is 4.74 Å². The molecule has 3 N–H and O–H groups in total. The van der Waals surface area contributed by atoms with E-state index in [1.807, 2.05) is 35.8 Å². The van der Waals surface area contributed by atoms with Gasteiger partial charge in [0.15, 0.2) is 0 Å². The summed E-state index contributed by atoms with van der Waals surface area (Å²) in [4.78, 5) is 14.7. The first kappa shape index (κ1) is 16.5. The third kappa shape index (κ3) is 5.97. The lowest BCUT2D eigenvalue weighted by molar-refractivity contribution is 0.0953. The summed E-state index contributed by atoms with van der Waals surface area (Å²) in [7, 11) is 1.57. The number of para-hydroxylation sites is 1. The maximum Gasteiger partial charge on any atom is 0.265 e. The number of hydrazine groups is 1. The van der Waals surface area contributed by atoms with E-state index < -0.39 is 0 Å². The van der Waals surface area contributed by atoms with Gasteiger partial charge in [-0.2, -0.15) is 4.99 Å². The highest BCUT2D eigenvalue weighted by Gasteiger charge is 2.01. The second-order valence-corrected chi connectivity index (χ2v) is 3.92. The highest BCUT2D eigenvalue weighted by molar-refractivity contribution is 7.78. The van der Waals surface area contributed by atoms with E-state index >= 15 is 0 Å². The molecular formula is C15H15N3O2S. The van der Waals surface area contributed by atoms with Gasteiger partial charge in [-0.25, -0.2) is 5.84 Å². The number of rotatable bonds is 3. The van der Waals surface area contributed by atoms with Gasteiger partial charge in [-0.3, -0.25) is 10.2 Å². The van der Waals surface area contributed by atoms with Crippen LogP contribution in [0.1, 0.15) is 10.4 Å². The quantitative estimate of drug-likeness (QED) is 0.300. The van der Waals surface area contributed by atoms with Crippen molar-refractivity contribution in [2.24, 2.45) is 10.8 Å².